The van der Waals surface area contributed by atoms with E-state index in [-0.39, 0.29) is 18.5 Å². The second kappa shape index (κ2) is 7.07. The van der Waals surface area contributed by atoms with Crippen molar-refractivity contribution in [1.29, 1.82) is 0 Å². The summed E-state index contributed by atoms with van der Waals surface area (Å²) in [7, 11) is 1.40. The highest BCUT2D eigenvalue weighted by Gasteiger charge is 2.41. The normalized spacial score (nSPS) is 34.3. The van der Waals surface area contributed by atoms with Crippen molar-refractivity contribution in [2.24, 2.45) is 0 Å². The maximum atomic E-state index is 11.3. The second-order valence-electron chi connectivity index (χ2n) is 6.65. The lowest BCUT2D eigenvalue weighted by atomic mass is 9.94. The molecule has 5 nitrogen and oxygen atoms in total. The Hall–Kier alpha value is -0.650. The van der Waals surface area contributed by atoms with E-state index in [1.807, 2.05) is 6.92 Å². The van der Waals surface area contributed by atoms with Gasteiger partial charge in [-0.2, -0.15) is 0 Å². The smallest absolute Gasteiger partial charge is 0.308 e. The number of hydrogen-bond acceptors (Lipinski definition) is 5. The molecule has 0 aromatic rings. The van der Waals surface area contributed by atoms with Gasteiger partial charge in [0.2, 0.25) is 0 Å². The van der Waals surface area contributed by atoms with Gasteiger partial charge in [0, 0.05) is 18.5 Å². The Balaban J connectivity index is 1.90. The van der Waals surface area contributed by atoms with E-state index < -0.39 is 5.79 Å². The number of likely N-dealkylation sites (tertiary alicyclic amines) is 1. The number of rotatable bonds is 5. The van der Waals surface area contributed by atoms with Gasteiger partial charge < -0.3 is 14.2 Å². The van der Waals surface area contributed by atoms with Crippen molar-refractivity contribution in [2.45, 2.75) is 76.9 Å². The molecular weight excluding hydrogens is 270 g/mol. The summed E-state index contributed by atoms with van der Waals surface area (Å²) < 4.78 is 16.6. The Labute approximate surface area is 127 Å². The Morgan fingerprint density at radius 3 is 2.86 bits per heavy atom. The van der Waals surface area contributed by atoms with Crippen molar-refractivity contribution in [1.82, 2.24) is 4.90 Å². The second-order valence-corrected chi connectivity index (χ2v) is 6.65. The first-order valence-electron chi connectivity index (χ1n) is 8.08. The molecule has 122 valence electrons. The first kappa shape index (κ1) is 16.7. The van der Waals surface area contributed by atoms with Gasteiger partial charge in [0.15, 0.2) is 5.79 Å². The number of carbonyl (C=O) groups is 1. The van der Waals surface area contributed by atoms with Crippen LogP contribution in [-0.2, 0) is 19.0 Å². The molecule has 0 spiro atoms. The summed E-state index contributed by atoms with van der Waals surface area (Å²) in [4.78, 5) is 13.9. The highest BCUT2D eigenvalue weighted by Crippen LogP contribution is 2.34. The van der Waals surface area contributed by atoms with Gasteiger partial charge in [-0.05, 0) is 40.2 Å². The molecule has 2 aliphatic heterocycles. The first-order chi connectivity index (χ1) is 9.93. The van der Waals surface area contributed by atoms with E-state index >= 15 is 0 Å². The zero-order chi connectivity index (χ0) is 15.5. The van der Waals surface area contributed by atoms with Crippen LogP contribution in [0.4, 0.5) is 0 Å². The predicted molar refractivity (Wildman–Crippen MR) is 80.0 cm³/mol. The van der Waals surface area contributed by atoms with Gasteiger partial charge in [-0.25, -0.2) is 0 Å². The molecule has 0 bridgehead atoms. The summed E-state index contributed by atoms with van der Waals surface area (Å²) in [6.07, 6.45) is 4.70. The summed E-state index contributed by atoms with van der Waals surface area (Å²) in [5, 5.41) is 0. The van der Waals surface area contributed by atoms with E-state index in [0.29, 0.717) is 18.7 Å². The third-order valence-corrected chi connectivity index (χ3v) is 4.55. The summed E-state index contributed by atoms with van der Waals surface area (Å²) in [6, 6.07) is 1.05. The molecule has 2 heterocycles. The number of hydrogen-bond donors (Lipinski definition) is 0. The zero-order valence-corrected chi connectivity index (χ0v) is 13.8. The maximum Gasteiger partial charge on any atom is 0.308 e. The van der Waals surface area contributed by atoms with Crippen molar-refractivity contribution >= 4 is 5.97 Å². The van der Waals surface area contributed by atoms with Crippen LogP contribution in [0.25, 0.3) is 0 Å². The molecule has 2 fully saturated rings. The third kappa shape index (κ3) is 4.41. The van der Waals surface area contributed by atoms with Crippen molar-refractivity contribution in [3.05, 3.63) is 0 Å². The quantitative estimate of drug-likeness (QED) is 0.729. The zero-order valence-electron chi connectivity index (χ0n) is 13.8. The molecule has 0 aromatic heterocycles. The SMILES string of the molecule is COC(=O)CC1COC(C)(CC2CCCCN2C(C)C)O1. The van der Waals surface area contributed by atoms with Gasteiger partial charge in [0.25, 0.3) is 0 Å². The van der Waals surface area contributed by atoms with Crippen LogP contribution in [0.1, 0.15) is 52.9 Å². The van der Waals surface area contributed by atoms with Gasteiger partial charge in [-0.1, -0.05) is 6.42 Å². The molecule has 0 radical (unpaired) electrons. The summed E-state index contributed by atoms with van der Waals surface area (Å²) in [5.74, 6) is -0.817. The Bertz CT molecular complexity index is 360. The average Bonchev–Trinajstić information content (AvgIpc) is 2.80. The molecule has 3 unspecified atom stereocenters. The summed E-state index contributed by atoms with van der Waals surface area (Å²) >= 11 is 0. The maximum absolute atomic E-state index is 11.3. The van der Waals surface area contributed by atoms with Crippen LogP contribution in [0.15, 0.2) is 0 Å². The minimum Gasteiger partial charge on any atom is -0.469 e. The number of piperidine rings is 1. The van der Waals surface area contributed by atoms with Crippen LogP contribution < -0.4 is 0 Å². The molecular formula is C16H29NO4. The van der Waals surface area contributed by atoms with Crippen molar-refractivity contribution < 1.29 is 19.0 Å². The van der Waals surface area contributed by atoms with Crippen molar-refractivity contribution in [3.8, 4) is 0 Å². The molecule has 3 atom stereocenters. The van der Waals surface area contributed by atoms with E-state index in [0.717, 1.165) is 13.0 Å². The van der Waals surface area contributed by atoms with Gasteiger partial charge in [0.05, 0.1) is 26.2 Å². The minimum absolute atomic E-state index is 0.182. The molecule has 0 N–H and O–H groups in total. The van der Waals surface area contributed by atoms with Gasteiger partial charge in [0.1, 0.15) is 0 Å². The topological polar surface area (TPSA) is 48.0 Å². The number of nitrogens with zero attached hydrogens (tertiary/aromatic N) is 1. The fourth-order valence-corrected chi connectivity index (χ4v) is 3.52. The van der Waals surface area contributed by atoms with Crippen molar-refractivity contribution in [3.63, 3.8) is 0 Å². The lowest BCUT2D eigenvalue weighted by Gasteiger charge is -2.41. The monoisotopic (exact) mass is 299 g/mol. The number of esters is 1. The number of methoxy groups -OCH3 is 1. The molecule has 0 saturated carbocycles. The van der Waals surface area contributed by atoms with Crippen LogP contribution in [0, 0.1) is 0 Å². The van der Waals surface area contributed by atoms with Crippen LogP contribution >= 0.6 is 0 Å². The Morgan fingerprint density at radius 2 is 2.19 bits per heavy atom. The lowest BCUT2D eigenvalue weighted by Crippen LogP contribution is -2.47. The molecule has 0 aromatic carbocycles. The standard InChI is InChI=1S/C16H29NO4/c1-12(2)17-8-6-5-7-13(17)10-16(3)20-11-14(21-16)9-15(18)19-4/h12-14H,5-11H2,1-4H3. The fourth-order valence-electron chi connectivity index (χ4n) is 3.52. The molecule has 5 heteroatoms. The number of ether oxygens (including phenoxy) is 3. The molecule has 0 amide bonds. The van der Waals surface area contributed by atoms with Crippen LogP contribution in [-0.4, -0.2) is 55.1 Å². The Kier molecular flexibility index (Phi) is 5.63. The largest absolute Gasteiger partial charge is 0.469 e. The molecule has 2 rings (SSSR count). The van der Waals surface area contributed by atoms with Crippen LogP contribution in [0.2, 0.25) is 0 Å². The van der Waals surface area contributed by atoms with E-state index in [9.17, 15) is 4.79 Å². The lowest BCUT2D eigenvalue weighted by molar-refractivity contribution is -0.174. The molecule has 21 heavy (non-hydrogen) atoms. The van der Waals surface area contributed by atoms with E-state index in [1.165, 1.54) is 26.4 Å². The minimum atomic E-state index is -0.576. The van der Waals surface area contributed by atoms with Crippen LogP contribution in [0.3, 0.4) is 0 Å². The average molecular weight is 299 g/mol. The number of carbonyl (C=O) groups excluding carboxylic acids is 1. The molecule has 2 aliphatic rings. The van der Waals surface area contributed by atoms with E-state index in [4.69, 9.17) is 14.2 Å². The van der Waals surface area contributed by atoms with E-state index in [1.54, 1.807) is 0 Å². The first-order valence-corrected chi connectivity index (χ1v) is 8.08. The highest BCUT2D eigenvalue weighted by molar-refractivity contribution is 5.69. The van der Waals surface area contributed by atoms with Crippen molar-refractivity contribution in [2.75, 3.05) is 20.3 Å². The summed E-state index contributed by atoms with van der Waals surface area (Å²) in [5.41, 5.74) is 0. The van der Waals surface area contributed by atoms with E-state index in [2.05, 4.69) is 18.7 Å². The molecule has 0 aliphatic carbocycles. The fraction of sp³-hybridized carbons (Fsp3) is 0.938. The van der Waals surface area contributed by atoms with Gasteiger partial charge in [-0.3, -0.25) is 9.69 Å². The van der Waals surface area contributed by atoms with Crippen LogP contribution in [0.5, 0.6) is 0 Å². The van der Waals surface area contributed by atoms with Gasteiger partial charge in [-0.15, -0.1) is 0 Å². The Morgan fingerprint density at radius 1 is 1.43 bits per heavy atom. The predicted octanol–water partition coefficient (Wildman–Crippen LogP) is 2.33. The van der Waals surface area contributed by atoms with Gasteiger partial charge >= 0.3 is 5.97 Å². The third-order valence-electron chi connectivity index (χ3n) is 4.55. The molecule has 2 saturated heterocycles. The summed E-state index contributed by atoms with van der Waals surface area (Å²) in [6.45, 7) is 8.12. The highest BCUT2D eigenvalue weighted by atomic mass is 16.7.